The zero-order valence-corrected chi connectivity index (χ0v) is 11.4. The van der Waals surface area contributed by atoms with Crippen molar-refractivity contribution in [2.75, 3.05) is 0 Å². The molecule has 0 aliphatic rings. The number of rotatable bonds is 3. The van der Waals surface area contributed by atoms with Crippen LogP contribution in [0.5, 0.6) is 11.6 Å². The molecule has 16 heavy (non-hydrogen) atoms. The zero-order valence-electron chi connectivity index (χ0n) is 8.23. The average Bonchev–Trinajstić information content (AvgIpc) is 2.30. The molecular weight excluding hydrogens is 336 g/mol. The third-order valence-electron chi connectivity index (χ3n) is 1.85. The lowest BCUT2D eigenvalue weighted by Gasteiger charge is -2.04. The van der Waals surface area contributed by atoms with Crippen molar-refractivity contribution in [2.24, 2.45) is 0 Å². The second-order valence-electron chi connectivity index (χ2n) is 3.08. The number of alkyl halides is 1. The van der Waals surface area contributed by atoms with Gasteiger partial charge in [0.1, 0.15) is 5.75 Å². The summed E-state index contributed by atoms with van der Waals surface area (Å²) in [7, 11) is 0. The number of aromatic nitrogens is 2. The van der Waals surface area contributed by atoms with Gasteiger partial charge in [0.05, 0.1) is 6.20 Å². The molecule has 0 aromatic carbocycles. The first kappa shape index (κ1) is 11.5. The van der Waals surface area contributed by atoms with Crippen LogP contribution in [0.1, 0.15) is 5.56 Å². The molecule has 3 nitrogen and oxygen atoms in total. The van der Waals surface area contributed by atoms with Crippen molar-refractivity contribution in [2.45, 2.75) is 5.33 Å². The Morgan fingerprint density at radius 2 is 2.06 bits per heavy atom. The lowest BCUT2D eigenvalue weighted by Crippen LogP contribution is -1.89. The lowest BCUT2D eigenvalue weighted by molar-refractivity contribution is 0.460. The standard InChI is InChI=1S/C11H8Br2N2O/c12-4-8-1-2-11(15-5-8)16-10-3-9(13)6-14-7-10/h1-3,5-7H,4H2. The van der Waals surface area contributed by atoms with E-state index in [1.165, 1.54) is 0 Å². The Morgan fingerprint density at radius 3 is 2.69 bits per heavy atom. The second-order valence-corrected chi connectivity index (χ2v) is 4.56. The molecule has 5 heteroatoms. The van der Waals surface area contributed by atoms with E-state index in [0.717, 1.165) is 15.4 Å². The molecule has 0 aliphatic heterocycles. The summed E-state index contributed by atoms with van der Waals surface area (Å²) in [6.07, 6.45) is 5.12. The van der Waals surface area contributed by atoms with Gasteiger partial charge in [-0.25, -0.2) is 4.98 Å². The fraction of sp³-hybridized carbons (Fsp3) is 0.0909. The molecule has 2 aromatic rings. The topological polar surface area (TPSA) is 35.0 Å². The minimum Gasteiger partial charge on any atom is -0.437 e. The Hall–Kier alpha value is -0.940. The van der Waals surface area contributed by atoms with Crippen LogP contribution in [0.4, 0.5) is 0 Å². The van der Waals surface area contributed by atoms with Gasteiger partial charge >= 0.3 is 0 Å². The van der Waals surface area contributed by atoms with Crippen molar-refractivity contribution in [3.63, 3.8) is 0 Å². The molecule has 0 bridgehead atoms. The van der Waals surface area contributed by atoms with Crippen molar-refractivity contribution >= 4 is 31.9 Å². The number of hydrogen-bond acceptors (Lipinski definition) is 3. The predicted molar refractivity (Wildman–Crippen MR) is 68.9 cm³/mol. The molecule has 0 spiro atoms. The molecule has 0 fully saturated rings. The normalized spacial score (nSPS) is 10.1. The molecule has 0 aliphatic carbocycles. The van der Waals surface area contributed by atoms with E-state index in [0.29, 0.717) is 11.6 Å². The van der Waals surface area contributed by atoms with Gasteiger partial charge in [-0.05, 0) is 27.6 Å². The smallest absolute Gasteiger partial charge is 0.219 e. The highest BCUT2D eigenvalue weighted by Crippen LogP contribution is 2.21. The van der Waals surface area contributed by atoms with Gasteiger partial charge in [-0.15, -0.1) is 0 Å². The summed E-state index contributed by atoms with van der Waals surface area (Å²) >= 11 is 6.69. The number of hydrogen-bond donors (Lipinski definition) is 0. The van der Waals surface area contributed by atoms with Crippen LogP contribution >= 0.6 is 31.9 Å². The van der Waals surface area contributed by atoms with Crippen LogP contribution in [0.2, 0.25) is 0 Å². The minimum absolute atomic E-state index is 0.560. The van der Waals surface area contributed by atoms with Crippen LogP contribution in [0.15, 0.2) is 41.3 Å². The molecule has 0 saturated heterocycles. The fourth-order valence-corrected chi connectivity index (χ4v) is 1.79. The Morgan fingerprint density at radius 1 is 1.19 bits per heavy atom. The first-order chi connectivity index (χ1) is 7.78. The van der Waals surface area contributed by atoms with Crippen molar-refractivity contribution in [3.8, 4) is 11.6 Å². The second kappa shape index (κ2) is 5.41. The van der Waals surface area contributed by atoms with Crippen molar-refractivity contribution < 1.29 is 4.74 Å². The number of ether oxygens (including phenoxy) is 1. The number of pyridine rings is 2. The highest BCUT2D eigenvalue weighted by Gasteiger charge is 2.00. The molecule has 0 unspecified atom stereocenters. The molecule has 0 radical (unpaired) electrons. The van der Waals surface area contributed by atoms with Gasteiger partial charge in [-0.2, -0.15) is 0 Å². The van der Waals surface area contributed by atoms with Crippen LogP contribution < -0.4 is 4.74 Å². The van der Waals surface area contributed by atoms with Gasteiger partial charge in [0, 0.05) is 28.3 Å². The summed E-state index contributed by atoms with van der Waals surface area (Å²) < 4.78 is 6.42. The van der Waals surface area contributed by atoms with E-state index in [1.807, 2.05) is 18.2 Å². The average molecular weight is 344 g/mol. The van der Waals surface area contributed by atoms with Crippen LogP contribution in [0.25, 0.3) is 0 Å². The maximum Gasteiger partial charge on any atom is 0.219 e. The summed E-state index contributed by atoms with van der Waals surface area (Å²) in [6, 6.07) is 5.63. The van der Waals surface area contributed by atoms with E-state index in [9.17, 15) is 0 Å². The molecule has 0 amide bonds. The van der Waals surface area contributed by atoms with E-state index < -0.39 is 0 Å². The summed E-state index contributed by atoms with van der Waals surface area (Å²) in [4.78, 5) is 8.19. The number of halogens is 2. The largest absolute Gasteiger partial charge is 0.437 e. The van der Waals surface area contributed by atoms with Crippen molar-refractivity contribution in [1.29, 1.82) is 0 Å². The summed E-state index contributed by atoms with van der Waals surface area (Å²) in [6.45, 7) is 0. The van der Waals surface area contributed by atoms with E-state index in [2.05, 4.69) is 41.8 Å². The first-order valence-electron chi connectivity index (χ1n) is 4.57. The van der Waals surface area contributed by atoms with E-state index in [1.54, 1.807) is 18.6 Å². The van der Waals surface area contributed by atoms with Gasteiger partial charge in [0.2, 0.25) is 5.88 Å². The predicted octanol–water partition coefficient (Wildman–Crippen LogP) is 3.93. The molecule has 2 heterocycles. The zero-order chi connectivity index (χ0) is 11.4. The van der Waals surface area contributed by atoms with Gasteiger partial charge in [-0.1, -0.05) is 22.0 Å². The molecule has 0 N–H and O–H groups in total. The van der Waals surface area contributed by atoms with Crippen LogP contribution in [0, 0.1) is 0 Å². The van der Waals surface area contributed by atoms with E-state index >= 15 is 0 Å². The Balaban J connectivity index is 2.14. The van der Waals surface area contributed by atoms with E-state index in [-0.39, 0.29) is 0 Å². The molecule has 2 rings (SSSR count). The highest BCUT2D eigenvalue weighted by atomic mass is 79.9. The van der Waals surface area contributed by atoms with Crippen molar-refractivity contribution in [1.82, 2.24) is 9.97 Å². The highest BCUT2D eigenvalue weighted by molar-refractivity contribution is 9.10. The van der Waals surface area contributed by atoms with Gasteiger partial charge < -0.3 is 4.74 Å². The molecule has 2 aromatic heterocycles. The SMILES string of the molecule is BrCc1ccc(Oc2cncc(Br)c2)nc1. The summed E-state index contributed by atoms with van der Waals surface area (Å²) in [5.74, 6) is 1.22. The minimum atomic E-state index is 0.560. The van der Waals surface area contributed by atoms with Crippen LogP contribution in [-0.4, -0.2) is 9.97 Å². The summed E-state index contributed by atoms with van der Waals surface area (Å²) in [5.41, 5.74) is 1.11. The Bertz CT molecular complexity index is 474. The quantitative estimate of drug-likeness (QED) is 0.792. The number of nitrogens with zero attached hydrogens (tertiary/aromatic N) is 2. The molecule has 0 saturated carbocycles. The third-order valence-corrected chi connectivity index (χ3v) is 2.94. The maximum atomic E-state index is 5.54. The molecular formula is C11H8Br2N2O. The first-order valence-corrected chi connectivity index (χ1v) is 6.48. The fourth-order valence-electron chi connectivity index (χ4n) is 1.12. The van der Waals surface area contributed by atoms with E-state index in [4.69, 9.17) is 4.74 Å². The monoisotopic (exact) mass is 342 g/mol. The Labute approximate surface area is 110 Å². The maximum absolute atomic E-state index is 5.54. The third kappa shape index (κ3) is 3.02. The van der Waals surface area contributed by atoms with Crippen molar-refractivity contribution in [3.05, 3.63) is 46.8 Å². The molecule has 82 valence electrons. The van der Waals surface area contributed by atoms with Gasteiger partial charge in [0.25, 0.3) is 0 Å². The summed E-state index contributed by atoms with van der Waals surface area (Å²) in [5, 5.41) is 0.790. The van der Waals surface area contributed by atoms with Gasteiger partial charge in [-0.3, -0.25) is 4.98 Å². The van der Waals surface area contributed by atoms with Crippen LogP contribution in [-0.2, 0) is 5.33 Å². The van der Waals surface area contributed by atoms with Gasteiger partial charge in [0.15, 0.2) is 0 Å². The molecule has 0 atom stereocenters. The lowest BCUT2D eigenvalue weighted by atomic mass is 10.3. The Kier molecular flexibility index (Phi) is 3.90. The van der Waals surface area contributed by atoms with Crippen LogP contribution in [0.3, 0.4) is 0 Å².